The predicted octanol–water partition coefficient (Wildman–Crippen LogP) is 4.01. The Labute approximate surface area is 159 Å². The van der Waals surface area contributed by atoms with Gasteiger partial charge in [0.25, 0.3) is 0 Å². The highest BCUT2D eigenvalue weighted by Crippen LogP contribution is 2.39. The fourth-order valence-corrected chi connectivity index (χ4v) is 3.77. The number of rotatable bonds is 6. The fraction of sp³-hybridized carbons (Fsp3) is 0.409. The molecular weight excluding hydrogens is 340 g/mol. The quantitative estimate of drug-likeness (QED) is 0.838. The Morgan fingerprint density at radius 3 is 2.85 bits per heavy atom. The lowest BCUT2D eigenvalue weighted by Gasteiger charge is -2.19. The number of ether oxygens (including phenoxy) is 1. The van der Waals surface area contributed by atoms with E-state index in [1.807, 2.05) is 6.07 Å². The molecule has 1 saturated carbocycles. The second-order valence-electron chi connectivity index (χ2n) is 7.20. The molecule has 1 fully saturated rings. The van der Waals surface area contributed by atoms with Gasteiger partial charge in [-0.25, -0.2) is 9.78 Å². The van der Waals surface area contributed by atoms with Gasteiger partial charge in [-0.05, 0) is 47.9 Å². The summed E-state index contributed by atoms with van der Waals surface area (Å²) in [6.45, 7) is 3.54. The molecule has 0 atom stereocenters. The zero-order valence-electron chi connectivity index (χ0n) is 15.6. The van der Waals surface area contributed by atoms with Crippen molar-refractivity contribution < 1.29 is 14.6 Å². The summed E-state index contributed by atoms with van der Waals surface area (Å²) in [5.74, 6) is -0.610. The summed E-state index contributed by atoms with van der Waals surface area (Å²) in [6, 6.07) is 6.27. The van der Waals surface area contributed by atoms with Gasteiger partial charge in [0.2, 0.25) is 0 Å². The number of hydrogen-bond donors (Lipinski definition) is 1. The van der Waals surface area contributed by atoms with Crippen LogP contribution in [0.25, 0.3) is 5.57 Å². The Bertz CT molecular complexity index is 900. The van der Waals surface area contributed by atoms with E-state index in [0.29, 0.717) is 24.6 Å². The minimum atomic E-state index is -0.999. The monoisotopic (exact) mass is 364 g/mol. The molecule has 2 aliphatic rings. The summed E-state index contributed by atoms with van der Waals surface area (Å²) in [6.07, 6.45) is 8.35. The van der Waals surface area contributed by atoms with Gasteiger partial charge < -0.3 is 9.84 Å². The van der Waals surface area contributed by atoms with Gasteiger partial charge in [-0.1, -0.05) is 31.2 Å². The van der Waals surface area contributed by atoms with Crippen LogP contribution in [0.5, 0.6) is 0 Å². The molecule has 0 amide bonds. The average molecular weight is 364 g/mol. The fourth-order valence-electron chi connectivity index (χ4n) is 3.77. The zero-order chi connectivity index (χ0) is 18.8. The minimum absolute atomic E-state index is 0.0946. The highest BCUT2D eigenvalue weighted by Gasteiger charge is 2.27. The van der Waals surface area contributed by atoms with Gasteiger partial charge >= 0.3 is 5.97 Å². The Morgan fingerprint density at radius 2 is 2.19 bits per heavy atom. The predicted molar refractivity (Wildman–Crippen MR) is 103 cm³/mol. The van der Waals surface area contributed by atoms with Gasteiger partial charge in [0, 0.05) is 18.5 Å². The summed E-state index contributed by atoms with van der Waals surface area (Å²) in [5, 5.41) is 9.63. The van der Waals surface area contributed by atoms with Crippen LogP contribution in [0.1, 0.15) is 70.7 Å². The molecule has 1 aromatic heterocycles. The maximum Gasteiger partial charge on any atom is 0.356 e. The third-order valence-electron chi connectivity index (χ3n) is 5.36. The first-order valence-corrected chi connectivity index (χ1v) is 9.64. The molecule has 5 heteroatoms. The Hall–Kier alpha value is -2.53. The maximum absolute atomic E-state index is 11.8. The average Bonchev–Trinajstić information content (AvgIpc) is 3.54. The zero-order valence-corrected chi connectivity index (χ0v) is 15.6. The lowest BCUT2D eigenvalue weighted by molar-refractivity contribution is 0.0688. The summed E-state index contributed by atoms with van der Waals surface area (Å²) < 4.78 is 5.44. The van der Waals surface area contributed by atoms with E-state index in [1.54, 1.807) is 6.20 Å². The van der Waals surface area contributed by atoms with Gasteiger partial charge in [0.1, 0.15) is 0 Å². The van der Waals surface area contributed by atoms with Crippen LogP contribution < -0.4 is 0 Å². The van der Waals surface area contributed by atoms with Gasteiger partial charge in [-0.15, -0.1) is 0 Å². The number of nitrogens with zero attached hydrogens (tertiary/aromatic N) is 2. The minimum Gasteiger partial charge on any atom is -0.476 e. The van der Waals surface area contributed by atoms with E-state index in [2.05, 4.69) is 35.1 Å². The van der Waals surface area contributed by atoms with Crippen molar-refractivity contribution in [2.75, 3.05) is 13.2 Å². The lowest BCUT2D eigenvalue weighted by Crippen LogP contribution is -2.12. The molecule has 0 bridgehead atoms. The van der Waals surface area contributed by atoms with Crippen LogP contribution in [0.4, 0.5) is 0 Å². The summed E-state index contributed by atoms with van der Waals surface area (Å²) in [5.41, 5.74) is 6.39. The van der Waals surface area contributed by atoms with Crippen molar-refractivity contribution in [2.24, 2.45) is 0 Å². The Kier molecular flexibility index (Phi) is 5.03. The van der Waals surface area contributed by atoms with E-state index in [4.69, 9.17) is 4.74 Å². The molecule has 140 valence electrons. The highest BCUT2D eigenvalue weighted by atomic mass is 16.5. The number of carbonyl (C=O) groups is 1. The summed E-state index contributed by atoms with van der Waals surface area (Å²) >= 11 is 0. The SMILES string of the molecule is CCc1c(Cc2ncc(C3CC3)nc2C(=O)O)cccc1C1=CCOCC1. The molecule has 2 aromatic rings. The van der Waals surface area contributed by atoms with E-state index in [1.165, 1.54) is 16.7 Å². The van der Waals surface area contributed by atoms with Gasteiger partial charge in [0.05, 0.1) is 24.6 Å². The third kappa shape index (κ3) is 3.78. The molecule has 0 spiro atoms. The third-order valence-corrected chi connectivity index (χ3v) is 5.36. The largest absolute Gasteiger partial charge is 0.476 e. The van der Waals surface area contributed by atoms with E-state index in [-0.39, 0.29) is 5.69 Å². The molecule has 1 N–H and O–H groups in total. The lowest BCUT2D eigenvalue weighted by atomic mass is 9.89. The number of aromatic nitrogens is 2. The van der Waals surface area contributed by atoms with Crippen molar-refractivity contribution in [1.29, 1.82) is 0 Å². The molecule has 1 aliphatic heterocycles. The topological polar surface area (TPSA) is 72.3 Å². The first-order chi connectivity index (χ1) is 13.2. The van der Waals surface area contributed by atoms with E-state index in [9.17, 15) is 9.90 Å². The number of hydrogen-bond acceptors (Lipinski definition) is 4. The van der Waals surface area contributed by atoms with E-state index >= 15 is 0 Å². The van der Waals surface area contributed by atoms with Crippen LogP contribution in [0.3, 0.4) is 0 Å². The van der Waals surface area contributed by atoms with Crippen LogP contribution in [0.2, 0.25) is 0 Å². The van der Waals surface area contributed by atoms with Crippen molar-refractivity contribution in [1.82, 2.24) is 9.97 Å². The Balaban J connectivity index is 1.70. The number of carboxylic acid groups (broad SMARTS) is 1. The maximum atomic E-state index is 11.8. The first kappa shape index (κ1) is 17.9. The first-order valence-electron chi connectivity index (χ1n) is 9.64. The van der Waals surface area contributed by atoms with Crippen molar-refractivity contribution in [3.63, 3.8) is 0 Å². The second-order valence-corrected chi connectivity index (χ2v) is 7.20. The van der Waals surface area contributed by atoms with Crippen LogP contribution in [-0.4, -0.2) is 34.3 Å². The van der Waals surface area contributed by atoms with Crippen molar-refractivity contribution in [2.45, 2.75) is 44.9 Å². The standard InChI is InChI=1S/C22H24N2O3/c1-2-17-16(4-3-5-18(17)14-8-10-27-11-9-14)12-19-21(22(25)26)24-20(13-23-19)15-6-7-15/h3-5,8,13,15H,2,6-7,9-12H2,1H3,(H,25,26). The highest BCUT2D eigenvalue weighted by molar-refractivity contribution is 5.86. The van der Waals surface area contributed by atoms with Gasteiger partial charge in [0.15, 0.2) is 5.69 Å². The number of carboxylic acids is 1. The molecule has 0 unspecified atom stereocenters. The van der Waals surface area contributed by atoms with Gasteiger partial charge in [-0.2, -0.15) is 0 Å². The normalized spacial score (nSPS) is 16.9. The molecular formula is C22H24N2O3. The number of benzene rings is 1. The summed E-state index contributed by atoms with van der Waals surface area (Å²) in [7, 11) is 0. The van der Waals surface area contributed by atoms with Crippen molar-refractivity contribution in [3.8, 4) is 0 Å². The van der Waals surface area contributed by atoms with E-state index < -0.39 is 5.97 Å². The molecule has 0 saturated heterocycles. The molecule has 1 aliphatic carbocycles. The summed E-state index contributed by atoms with van der Waals surface area (Å²) in [4.78, 5) is 20.7. The van der Waals surface area contributed by atoms with Crippen LogP contribution >= 0.6 is 0 Å². The molecule has 4 rings (SSSR count). The molecule has 1 aromatic carbocycles. The molecule has 0 radical (unpaired) electrons. The molecule has 2 heterocycles. The molecule has 27 heavy (non-hydrogen) atoms. The number of aromatic carboxylic acids is 1. The second kappa shape index (κ2) is 7.61. The molecule has 5 nitrogen and oxygen atoms in total. The van der Waals surface area contributed by atoms with Crippen LogP contribution in [0.15, 0.2) is 30.5 Å². The Morgan fingerprint density at radius 1 is 1.33 bits per heavy atom. The smallest absolute Gasteiger partial charge is 0.356 e. The van der Waals surface area contributed by atoms with E-state index in [0.717, 1.165) is 43.5 Å². The van der Waals surface area contributed by atoms with Crippen LogP contribution in [0, 0.1) is 0 Å². The van der Waals surface area contributed by atoms with Crippen LogP contribution in [-0.2, 0) is 17.6 Å². The van der Waals surface area contributed by atoms with Crippen molar-refractivity contribution in [3.05, 3.63) is 64.2 Å². The van der Waals surface area contributed by atoms with Gasteiger partial charge in [-0.3, -0.25) is 4.98 Å². The van der Waals surface area contributed by atoms with Crippen molar-refractivity contribution >= 4 is 11.5 Å².